The van der Waals surface area contributed by atoms with Gasteiger partial charge >= 0.3 is 0 Å². The normalized spacial score (nSPS) is 17.2. The Kier molecular flexibility index (Phi) is 7.02. The summed E-state index contributed by atoms with van der Waals surface area (Å²) >= 11 is 0. The number of benzene rings is 1. The van der Waals surface area contributed by atoms with Crippen LogP contribution in [-0.4, -0.2) is 49.7 Å². The van der Waals surface area contributed by atoms with Gasteiger partial charge in [-0.3, -0.25) is 0 Å². The molecular weight excluding hydrogens is 512 g/mol. The number of nitrogens with zero attached hydrogens (tertiary/aromatic N) is 5. The Morgan fingerprint density at radius 3 is 2.58 bits per heavy atom. The number of hydrogen-bond donors (Lipinski definition) is 2. The van der Waals surface area contributed by atoms with Crippen molar-refractivity contribution in [2.45, 2.75) is 58.5 Å². The molecule has 0 saturated heterocycles. The minimum absolute atomic E-state index is 0.0146. The molecule has 2 N–H and O–H groups in total. The predicted octanol–water partition coefficient (Wildman–Crippen LogP) is 6.25. The van der Waals surface area contributed by atoms with Gasteiger partial charge < -0.3 is 19.7 Å². The Labute approximate surface area is 230 Å². The fourth-order valence-corrected chi connectivity index (χ4v) is 5.63. The summed E-state index contributed by atoms with van der Waals surface area (Å²) in [6.07, 6.45) is 4.16. The standard InChI is InChI=1S/C30H31F2N7O/c1-17-14-34-30(36-24-11-7-10-23(24)33-15-26(31)32)37-28(17)22-16-39(20-8-5-4-6-9-20)29-21(22)12-13-25(35-29)27-18(2)38-40-19(27)3/h4-6,8-9,12-14,16,23-24,26,33H,7,10-11,15H2,1-3H3,(H,34,36,37)/t23-,24-/m0/s1. The highest BCUT2D eigenvalue weighted by atomic mass is 19.3. The van der Waals surface area contributed by atoms with Crippen LogP contribution in [0.4, 0.5) is 14.7 Å². The van der Waals surface area contributed by atoms with Gasteiger partial charge in [0.05, 0.1) is 29.2 Å². The lowest BCUT2D eigenvalue weighted by Crippen LogP contribution is -2.42. The summed E-state index contributed by atoms with van der Waals surface area (Å²) < 4.78 is 33.1. The maximum Gasteiger partial charge on any atom is 0.250 e. The molecule has 8 nitrogen and oxygen atoms in total. The number of fused-ring (bicyclic) bond motifs is 1. The first-order chi connectivity index (χ1) is 19.4. The number of para-hydroxylation sites is 1. The molecule has 0 aliphatic heterocycles. The molecule has 1 saturated carbocycles. The fraction of sp³-hybridized carbons (Fsp3) is 0.333. The second-order valence-electron chi connectivity index (χ2n) is 10.3. The monoisotopic (exact) mass is 543 g/mol. The van der Waals surface area contributed by atoms with Crippen molar-refractivity contribution in [1.29, 1.82) is 0 Å². The van der Waals surface area contributed by atoms with Gasteiger partial charge in [-0.25, -0.2) is 23.7 Å². The van der Waals surface area contributed by atoms with Gasteiger partial charge in [0.15, 0.2) is 0 Å². The third kappa shape index (κ3) is 4.95. The van der Waals surface area contributed by atoms with Crippen LogP contribution in [-0.2, 0) is 0 Å². The first kappa shape index (κ1) is 26.1. The number of pyridine rings is 1. The molecule has 0 amide bonds. The van der Waals surface area contributed by atoms with E-state index in [1.165, 1.54) is 0 Å². The van der Waals surface area contributed by atoms with Crippen LogP contribution in [0.5, 0.6) is 0 Å². The van der Waals surface area contributed by atoms with E-state index in [9.17, 15) is 8.78 Å². The molecular formula is C30H31F2N7O. The van der Waals surface area contributed by atoms with Gasteiger partial charge in [0.2, 0.25) is 5.95 Å². The number of rotatable bonds is 8. The topological polar surface area (TPSA) is 93.7 Å². The summed E-state index contributed by atoms with van der Waals surface area (Å²) in [7, 11) is 0. The smallest absolute Gasteiger partial charge is 0.250 e. The van der Waals surface area contributed by atoms with E-state index in [4.69, 9.17) is 14.5 Å². The highest BCUT2D eigenvalue weighted by Crippen LogP contribution is 2.35. The van der Waals surface area contributed by atoms with Gasteiger partial charge in [-0.2, -0.15) is 0 Å². The lowest BCUT2D eigenvalue weighted by atomic mass is 10.1. The Balaban J connectivity index is 1.42. The number of nitrogens with one attached hydrogen (secondary N) is 2. The second kappa shape index (κ2) is 10.8. The molecule has 0 bridgehead atoms. The zero-order chi connectivity index (χ0) is 27.8. The first-order valence-electron chi connectivity index (χ1n) is 13.5. The minimum Gasteiger partial charge on any atom is -0.361 e. The predicted molar refractivity (Wildman–Crippen MR) is 151 cm³/mol. The molecule has 2 atom stereocenters. The molecule has 4 heterocycles. The highest BCUT2D eigenvalue weighted by Gasteiger charge is 2.28. The van der Waals surface area contributed by atoms with Crippen LogP contribution >= 0.6 is 0 Å². The van der Waals surface area contributed by atoms with Crippen molar-refractivity contribution in [1.82, 2.24) is 30.0 Å². The van der Waals surface area contributed by atoms with Crippen molar-refractivity contribution < 1.29 is 13.3 Å². The maximum atomic E-state index is 12.8. The molecule has 6 rings (SSSR count). The molecule has 0 spiro atoms. The van der Waals surface area contributed by atoms with E-state index < -0.39 is 6.43 Å². The third-order valence-electron chi connectivity index (χ3n) is 7.57. The molecule has 5 aromatic rings. The number of aryl methyl sites for hydroxylation is 3. The van der Waals surface area contributed by atoms with Crippen molar-refractivity contribution in [3.8, 4) is 28.2 Å². The summed E-state index contributed by atoms with van der Waals surface area (Å²) in [6.45, 7) is 5.47. The van der Waals surface area contributed by atoms with Crippen molar-refractivity contribution in [2.24, 2.45) is 0 Å². The van der Waals surface area contributed by atoms with Gasteiger partial charge in [-0.05, 0) is 69.9 Å². The van der Waals surface area contributed by atoms with Crippen LogP contribution in [0.2, 0.25) is 0 Å². The minimum atomic E-state index is -2.38. The molecule has 1 aliphatic rings. The quantitative estimate of drug-likeness (QED) is 0.239. The van der Waals surface area contributed by atoms with Gasteiger partial charge in [0.1, 0.15) is 11.4 Å². The van der Waals surface area contributed by atoms with E-state index >= 15 is 0 Å². The van der Waals surface area contributed by atoms with Gasteiger partial charge in [0.25, 0.3) is 6.43 Å². The SMILES string of the molecule is Cc1cnc(N[C@H]2CCC[C@@H]2NCC(F)F)nc1-c1cn(-c2ccccc2)c2nc(-c3c(C)noc3C)ccc12. The zero-order valence-corrected chi connectivity index (χ0v) is 22.7. The molecule has 1 fully saturated rings. The van der Waals surface area contributed by atoms with Crippen LogP contribution in [0.15, 0.2) is 59.4 Å². The van der Waals surface area contributed by atoms with Crippen molar-refractivity contribution in [2.75, 3.05) is 11.9 Å². The van der Waals surface area contributed by atoms with Crippen molar-refractivity contribution >= 4 is 17.0 Å². The van der Waals surface area contributed by atoms with Crippen LogP contribution in [0.1, 0.15) is 36.3 Å². The zero-order valence-electron chi connectivity index (χ0n) is 22.7. The van der Waals surface area contributed by atoms with Crippen LogP contribution in [0, 0.1) is 20.8 Å². The molecule has 4 aromatic heterocycles. The van der Waals surface area contributed by atoms with E-state index in [0.29, 0.717) is 5.95 Å². The average molecular weight is 544 g/mol. The van der Waals surface area contributed by atoms with E-state index in [1.807, 2.05) is 57.2 Å². The molecule has 10 heteroatoms. The number of alkyl halides is 2. The van der Waals surface area contributed by atoms with E-state index in [1.54, 1.807) is 6.20 Å². The fourth-order valence-electron chi connectivity index (χ4n) is 5.63. The molecule has 206 valence electrons. The second-order valence-corrected chi connectivity index (χ2v) is 10.3. The third-order valence-corrected chi connectivity index (χ3v) is 7.57. The molecule has 0 radical (unpaired) electrons. The summed E-state index contributed by atoms with van der Waals surface area (Å²) in [5, 5.41) is 11.5. The highest BCUT2D eigenvalue weighted by molar-refractivity contribution is 5.96. The molecule has 1 aliphatic carbocycles. The molecule has 1 aromatic carbocycles. The average Bonchev–Trinajstić information content (AvgIpc) is 3.65. The maximum absolute atomic E-state index is 12.8. The molecule has 40 heavy (non-hydrogen) atoms. The van der Waals surface area contributed by atoms with Crippen LogP contribution in [0.25, 0.3) is 39.2 Å². The molecule has 0 unspecified atom stereocenters. The summed E-state index contributed by atoms with van der Waals surface area (Å²) in [6, 6.07) is 14.1. The lowest BCUT2D eigenvalue weighted by molar-refractivity contribution is 0.141. The summed E-state index contributed by atoms with van der Waals surface area (Å²) in [5.41, 5.74) is 6.88. The summed E-state index contributed by atoms with van der Waals surface area (Å²) in [4.78, 5) is 14.5. The van der Waals surface area contributed by atoms with E-state index in [0.717, 1.165) is 75.5 Å². The Bertz CT molecular complexity index is 1630. The number of anilines is 1. The van der Waals surface area contributed by atoms with E-state index in [-0.39, 0.29) is 18.6 Å². The Morgan fingerprint density at radius 2 is 1.82 bits per heavy atom. The number of aromatic nitrogens is 5. The first-order valence-corrected chi connectivity index (χ1v) is 13.5. The van der Waals surface area contributed by atoms with Crippen molar-refractivity contribution in [3.05, 3.63) is 71.9 Å². The summed E-state index contributed by atoms with van der Waals surface area (Å²) in [5.74, 6) is 1.20. The van der Waals surface area contributed by atoms with Crippen LogP contribution < -0.4 is 10.6 Å². The van der Waals surface area contributed by atoms with Gasteiger partial charge in [-0.15, -0.1) is 0 Å². The van der Waals surface area contributed by atoms with E-state index in [2.05, 4.69) is 37.6 Å². The Morgan fingerprint density at radius 1 is 1.02 bits per heavy atom. The number of halogens is 2. The Hall–Kier alpha value is -4.18. The van der Waals surface area contributed by atoms with Gasteiger partial charge in [0, 0.05) is 41.1 Å². The lowest BCUT2D eigenvalue weighted by Gasteiger charge is -2.22. The van der Waals surface area contributed by atoms with Crippen molar-refractivity contribution in [3.63, 3.8) is 0 Å². The number of hydrogen-bond acceptors (Lipinski definition) is 7. The van der Waals surface area contributed by atoms with Crippen LogP contribution in [0.3, 0.4) is 0 Å². The van der Waals surface area contributed by atoms with Gasteiger partial charge in [-0.1, -0.05) is 23.4 Å². The largest absolute Gasteiger partial charge is 0.361 e.